The monoisotopic (exact) mass is 379 g/mol. The van der Waals surface area contributed by atoms with Crippen molar-refractivity contribution in [3.63, 3.8) is 0 Å². The third kappa shape index (κ3) is 2.47. The lowest BCUT2D eigenvalue weighted by molar-refractivity contribution is -0.137. The Bertz CT molecular complexity index is 1140. The van der Waals surface area contributed by atoms with E-state index in [4.69, 9.17) is 4.74 Å². The third-order valence-electron chi connectivity index (χ3n) is 4.06. The van der Waals surface area contributed by atoms with Gasteiger partial charge in [0.15, 0.2) is 5.65 Å². The summed E-state index contributed by atoms with van der Waals surface area (Å²) in [6, 6.07) is 6.52. The average Bonchev–Trinajstić information content (AvgIpc) is 3.23. The lowest BCUT2D eigenvalue weighted by Crippen LogP contribution is -2.05. The van der Waals surface area contributed by atoms with Gasteiger partial charge in [-0.25, -0.2) is 4.79 Å². The first-order chi connectivity index (χ1) is 12.3. The standard InChI is InChI=1S/C17H12F3N3O2S/c1-22-8-11-14-12(7-13(26-14)16(24)25-2)23(15(11)21-22)10-5-3-9(4-6-10)17(18,19)20/h3-8H,1-2H3. The predicted octanol–water partition coefficient (Wildman–Crippen LogP) is 4.38. The highest BCUT2D eigenvalue weighted by atomic mass is 32.1. The summed E-state index contributed by atoms with van der Waals surface area (Å²) in [5.41, 5.74) is 1.13. The number of aryl methyl sites for hydroxylation is 1. The molecule has 4 rings (SSSR count). The number of nitrogens with zero attached hydrogens (tertiary/aromatic N) is 3. The van der Waals surface area contributed by atoms with Gasteiger partial charge >= 0.3 is 12.1 Å². The molecule has 0 aliphatic carbocycles. The largest absolute Gasteiger partial charge is 0.465 e. The molecule has 0 spiro atoms. The number of benzene rings is 1. The summed E-state index contributed by atoms with van der Waals surface area (Å²) in [6.45, 7) is 0. The summed E-state index contributed by atoms with van der Waals surface area (Å²) < 4.78 is 47.5. The van der Waals surface area contributed by atoms with E-state index in [9.17, 15) is 18.0 Å². The Labute approximate surface area is 149 Å². The normalized spacial score (nSPS) is 12.2. The van der Waals surface area contributed by atoms with Crippen molar-refractivity contribution >= 4 is 38.6 Å². The van der Waals surface area contributed by atoms with E-state index in [1.165, 1.54) is 30.6 Å². The molecule has 5 nitrogen and oxygen atoms in total. The first-order valence-corrected chi connectivity index (χ1v) is 8.35. The van der Waals surface area contributed by atoms with Crippen LogP contribution in [0.1, 0.15) is 15.2 Å². The van der Waals surface area contributed by atoms with E-state index in [2.05, 4.69) is 5.10 Å². The molecule has 3 heterocycles. The molecule has 0 radical (unpaired) electrons. The number of ether oxygens (including phenoxy) is 1. The van der Waals surface area contributed by atoms with E-state index < -0.39 is 17.7 Å². The summed E-state index contributed by atoms with van der Waals surface area (Å²) in [5, 5.41) is 5.23. The molecular formula is C17H12F3N3O2S. The van der Waals surface area contributed by atoms with Gasteiger partial charge in [0.1, 0.15) is 4.88 Å². The quantitative estimate of drug-likeness (QED) is 0.486. The molecule has 3 aromatic heterocycles. The van der Waals surface area contributed by atoms with Gasteiger partial charge in [0.2, 0.25) is 0 Å². The van der Waals surface area contributed by atoms with Crippen LogP contribution in [-0.4, -0.2) is 27.4 Å². The molecule has 0 fully saturated rings. The maximum Gasteiger partial charge on any atom is 0.416 e. The van der Waals surface area contributed by atoms with E-state index in [0.29, 0.717) is 21.7 Å². The molecule has 0 amide bonds. The van der Waals surface area contributed by atoms with Gasteiger partial charge in [-0.15, -0.1) is 11.3 Å². The van der Waals surface area contributed by atoms with E-state index in [-0.39, 0.29) is 0 Å². The topological polar surface area (TPSA) is 49.1 Å². The van der Waals surface area contributed by atoms with Crippen LogP contribution in [0.4, 0.5) is 13.2 Å². The van der Waals surface area contributed by atoms with Crippen LogP contribution in [0.25, 0.3) is 26.9 Å². The summed E-state index contributed by atoms with van der Waals surface area (Å²) in [7, 11) is 3.06. The summed E-state index contributed by atoms with van der Waals surface area (Å²) >= 11 is 1.27. The average molecular weight is 379 g/mol. The number of halogens is 3. The van der Waals surface area contributed by atoms with Gasteiger partial charge in [-0.05, 0) is 30.3 Å². The second-order valence-corrected chi connectivity index (χ2v) is 6.79. The number of methoxy groups -OCH3 is 1. The number of carbonyl (C=O) groups excluding carboxylic acids is 1. The number of alkyl halides is 3. The molecule has 0 atom stereocenters. The lowest BCUT2D eigenvalue weighted by Gasteiger charge is -2.09. The Morgan fingerprint density at radius 2 is 1.92 bits per heavy atom. The zero-order valence-corrected chi connectivity index (χ0v) is 14.5. The van der Waals surface area contributed by atoms with Crippen LogP contribution in [0.5, 0.6) is 0 Å². The Morgan fingerprint density at radius 1 is 1.23 bits per heavy atom. The first kappa shape index (κ1) is 16.6. The van der Waals surface area contributed by atoms with Crippen molar-refractivity contribution in [2.75, 3.05) is 7.11 Å². The van der Waals surface area contributed by atoms with Gasteiger partial charge in [0, 0.05) is 18.9 Å². The molecule has 0 aliphatic heterocycles. The highest BCUT2D eigenvalue weighted by Crippen LogP contribution is 2.38. The smallest absolute Gasteiger partial charge is 0.416 e. The highest BCUT2D eigenvalue weighted by molar-refractivity contribution is 7.21. The van der Waals surface area contributed by atoms with Gasteiger partial charge in [-0.2, -0.15) is 18.3 Å². The molecule has 0 saturated carbocycles. The van der Waals surface area contributed by atoms with Crippen LogP contribution >= 0.6 is 11.3 Å². The molecule has 0 N–H and O–H groups in total. The fraction of sp³-hybridized carbons (Fsp3) is 0.176. The molecule has 0 aliphatic rings. The molecule has 9 heteroatoms. The van der Waals surface area contributed by atoms with Crippen LogP contribution in [0.2, 0.25) is 0 Å². The van der Waals surface area contributed by atoms with Gasteiger partial charge < -0.3 is 4.74 Å². The Kier molecular flexibility index (Phi) is 3.58. The molecule has 0 bridgehead atoms. The van der Waals surface area contributed by atoms with Gasteiger partial charge in [-0.1, -0.05) is 0 Å². The van der Waals surface area contributed by atoms with E-state index in [0.717, 1.165) is 22.2 Å². The molecular weight excluding hydrogens is 367 g/mol. The lowest BCUT2D eigenvalue weighted by atomic mass is 10.2. The zero-order chi connectivity index (χ0) is 18.6. The van der Waals surface area contributed by atoms with Crippen molar-refractivity contribution in [2.45, 2.75) is 6.18 Å². The van der Waals surface area contributed by atoms with Crippen molar-refractivity contribution in [1.29, 1.82) is 0 Å². The predicted molar refractivity (Wildman–Crippen MR) is 91.8 cm³/mol. The van der Waals surface area contributed by atoms with Crippen molar-refractivity contribution in [3.8, 4) is 5.69 Å². The molecule has 1 aromatic carbocycles. The SMILES string of the molecule is COC(=O)c1cc2c(s1)c1cn(C)nc1n2-c1ccc(C(F)(F)F)cc1. The van der Waals surface area contributed by atoms with Crippen LogP contribution < -0.4 is 0 Å². The van der Waals surface area contributed by atoms with Gasteiger partial charge in [0.25, 0.3) is 0 Å². The van der Waals surface area contributed by atoms with Crippen molar-refractivity contribution in [1.82, 2.24) is 14.3 Å². The van der Waals surface area contributed by atoms with E-state index in [1.807, 2.05) is 6.20 Å². The molecule has 0 unspecified atom stereocenters. The number of fused-ring (bicyclic) bond motifs is 3. The zero-order valence-electron chi connectivity index (χ0n) is 13.7. The second-order valence-electron chi connectivity index (χ2n) is 5.74. The minimum absolute atomic E-state index is 0.420. The fourth-order valence-electron chi connectivity index (χ4n) is 2.92. The number of esters is 1. The van der Waals surface area contributed by atoms with Crippen LogP contribution in [0, 0.1) is 0 Å². The molecule has 26 heavy (non-hydrogen) atoms. The Hall–Kier alpha value is -2.81. The van der Waals surface area contributed by atoms with Crippen LogP contribution in [-0.2, 0) is 18.0 Å². The van der Waals surface area contributed by atoms with Gasteiger partial charge in [0.05, 0.1) is 28.3 Å². The molecule has 134 valence electrons. The first-order valence-electron chi connectivity index (χ1n) is 7.53. The van der Waals surface area contributed by atoms with Crippen molar-refractivity contribution < 1.29 is 22.7 Å². The Morgan fingerprint density at radius 3 is 2.54 bits per heavy atom. The number of rotatable bonds is 2. The van der Waals surface area contributed by atoms with E-state index >= 15 is 0 Å². The number of aromatic nitrogens is 3. The summed E-state index contributed by atoms with van der Waals surface area (Å²) in [4.78, 5) is 12.3. The summed E-state index contributed by atoms with van der Waals surface area (Å²) in [6.07, 6.45) is -2.58. The number of thiophene rings is 1. The number of carbonyl (C=O) groups is 1. The number of hydrogen-bond donors (Lipinski definition) is 0. The second kappa shape index (κ2) is 5.60. The van der Waals surface area contributed by atoms with Crippen molar-refractivity contribution in [2.24, 2.45) is 7.05 Å². The van der Waals surface area contributed by atoms with Crippen LogP contribution in [0.3, 0.4) is 0 Å². The van der Waals surface area contributed by atoms with Gasteiger partial charge in [-0.3, -0.25) is 9.25 Å². The van der Waals surface area contributed by atoms with Crippen LogP contribution in [0.15, 0.2) is 36.5 Å². The van der Waals surface area contributed by atoms with Crippen molar-refractivity contribution in [3.05, 3.63) is 47.0 Å². The summed E-state index contributed by atoms with van der Waals surface area (Å²) in [5.74, 6) is -0.456. The maximum absolute atomic E-state index is 12.8. The Balaban J connectivity index is 1.97. The molecule has 4 aromatic rings. The highest BCUT2D eigenvalue weighted by Gasteiger charge is 2.30. The molecule has 0 saturated heterocycles. The van der Waals surface area contributed by atoms with E-state index in [1.54, 1.807) is 22.4 Å². The minimum Gasteiger partial charge on any atom is -0.465 e. The fourth-order valence-corrected chi connectivity index (χ4v) is 3.98. The third-order valence-corrected chi connectivity index (χ3v) is 5.20. The number of hydrogen-bond acceptors (Lipinski definition) is 4. The minimum atomic E-state index is -4.40. The maximum atomic E-state index is 12.8.